The molecule has 0 aliphatic carbocycles. The molecule has 2 aromatic carbocycles. The second-order valence-electron chi connectivity index (χ2n) is 5.98. The van der Waals surface area contributed by atoms with Gasteiger partial charge in [-0.1, -0.05) is 42.5 Å². The quantitative estimate of drug-likeness (QED) is 0.477. The van der Waals surface area contributed by atoms with Crippen LogP contribution in [0.2, 0.25) is 0 Å². The van der Waals surface area contributed by atoms with Gasteiger partial charge in [0.05, 0.1) is 0 Å². The minimum Gasteiger partial charge on any atom is -0.360 e. The Labute approximate surface area is 144 Å². The number of rotatable bonds is 3. The molecular weight excluding hydrogens is 308 g/mol. The Bertz CT molecular complexity index is 1170. The molecule has 5 aromatic rings. The summed E-state index contributed by atoms with van der Waals surface area (Å²) in [5.74, 6) is 0.964. The van der Waals surface area contributed by atoms with Gasteiger partial charge in [-0.3, -0.25) is 4.40 Å². The summed E-state index contributed by atoms with van der Waals surface area (Å²) in [4.78, 5) is 8.23. The minimum absolute atomic E-state index is 0.918. The third-order valence-electron chi connectivity index (χ3n) is 4.41. The summed E-state index contributed by atoms with van der Waals surface area (Å²) in [7, 11) is 0. The second-order valence-corrected chi connectivity index (χ2v) is 5.98. The lowest BCUT2D eigenvalue weighted by molar-refractivity contribution is 1.18. The predicted octanol–water partition coefficient (Wildman–Crippen LogP) is 5.23. The molecule has 0 unspecified atom stereocenters. The molecule has 3 heterocycles. The molecule has 0 bridgehead atoms. The Morgan fingerprint density at radius 1 is 0.840 bits per heavy atom. The summed E-state index contributed by atoms with van der Waals surface area (Å²) in [6.07, 6.45) is 4.06. The fourth-order valence-corrected chi connectivity index (χ4v) is 3.23. The van der Waals surface area contributed by atoms with Gasteiger partial charge in [-0.05, 0) is 30.3 Å². The predicted molar refractivity (Wildman–Crippen MR) is 102 cm³/mol. The van der Waals surface area contributed by atoms with Crippen LogP contribution >= 0.6 is 0 Å². The van der Waals surface area contributed by atoms with Gasteiger partial charge in [-0.25, -0.2) is 4.98 Å². The number of para-hydroxylation sites is 2. The number of hydrogen-bond donors (Lipinski definition) is 2. The van der Waals surface area contributed by atoms with Gasteiger partial charge < -0.3 is 10.3 Å². The van der Waals surface area contributed by atoms with Crippen molar-refractivity contribution in [2.45, 2.75) is 0 Å². The molecule has 2 N–H and O–H groups in total. The van der Waals surface area contributed by atoms with E-state index in [1.807, 2.05) is 54.9 Å². The Hall–Kier alpha value is -3.53. The first-order valence-corrected chi connectivity index (χ1v) is 8.26. The van der Waals surface area contributed by atoms with E-state index in [9.17, 15) is 0 Å². The first-order valence-electron chi connectivity index (χ1n) is 8.26. The van der Waals surface area contributed by atoms with Gasteiger partial charge in [0.15, 0.2) is 0 Å². The van der Waals surface area contributed by atoms with Crippen LogP contribution in [0.15, 0.2) is 85.2 Å². The molecule has 3 aromatic heterocycles. The summed E-state index contributed by atoms with van der Waals surface area (Å²) in [5, 5.41) is 4.70. The van der Waals surface area contributed by atoms with E-state index in [0.29, 0.717) is 0 Å². The lowest BCUT2D eigenvalue weighted by Gasteiger charge is -2.08. The molecule has 120 valence electrons. The van der Waals surface area contributed by atoms with Crippen molar-refractivity contribution in [1.29, 1.82) is 0 Å². The van der Waals surface area contributed by atoms with Crippen molar-refractivity contribution in [3.05, 3.63) is 85.2 Å². The van der Waals surface area contributed by atoms with Gasteiger partial charge in [0.2, 0.25) is 0 Å². The Balaban J connectivity index is 1.76. The molecule has 4 heteroatoms. The maximum absolute atomic E-state index is 4.88. The number of imidazole rings is 1. The van der Waals surface area contributed by atoms with E-state index in [-0.39, 0.29) is 0 Å². The van der Waals surface area contributed by atoms with Crippen LogP contribution in [0.3, 0.4) is 0 Å². The average Bonchev–Trinajstić information content (AvgIpc) is 3.24. The van der Waals surface area contributed by atoms with Gasteiger partial charge >= 0.3 is 0 Å². The maximum atomic E-state index is 4.88. The number of fused-ring (bicyclic) bond motifs is 2. The fourth-order valence-electron chi connectivity index (χ4n) is 3.23. The molecule has 0 atom stereocenters. The third kappa shape index (κ3) is 2.27. The van der Waals surface area contributed by atoms with Crippen LogP contribution in [-0.2, 0) is 0 Å². The van der Waals surface area contributed by atoms with E-state index in [2.05, 4.69) is 45.0 Å². The smallest absolute Gasteiger partial charge is 0.143 e. The van der Waals surface area contributed by atoms with Crippen LogP contribution in [0.25, 0.3) is 27.8 Å². The summed E-state index contributed by atoms with van der Waals surface area (Å²) >= 11 is 0. The zero-order chi connectivity index (χ0) is 16.6. The van der Waals surface area contributed by atoms with Crippen LogP contribution in [-0.4, -0.2) is 14.4 Å². The number of aromatic amines is 1. The minimum atomic E-state index is 0.918. The summed E-state index contributed by atoms with van der Waals surface area (Å²) in [5.41, 5.74) is 5.10. The molecule has 0 amide bonds. The van der Waals surface area contributed by atoms with Crippen molar-refractivity contribution in [3.8, 4) is 11.3 Å². The molecule has 5 rings (SSSR count). The van der Waals surface area contributed by atoms with Gasteiger partial charge in [-0.2, -0.15) is 0 Å². The van der Waals surface area contributed by atoms with Gasteiger partial charge in [-0.15, -0.1) is 0 Å². The van der Waals surface area contributed by atoms with E-state index >= 15 is 0 Å². The summed E-state index contributed by atoms with van der Waals surface area (Å²) < 4.78 is 2.09. The number of aromatic nitrogens is 3. The standard InChI is InChI=1S/C21H16N4/c1-2-8-15(9-3-1)23-21-20(24-19-12-6-7-13-25(19)21)17-14-22-18-11-5-4-10-16(17)18/h1-14,22-23H. The normalized spacial score (nSPS) is 11.2. The highest BCUT2D eigenvalue weighted by Gasteiger charge is 2.17. The first-order chi connectivity index (χ1) is 12.4. The van der Waals surface area contributed by atoms with Crippen molar-refractivity contribution >= 4 is 28.1 Å². The molecule has 4 nitrogen and oxygen atoms in total. The van der Waals surface area contributed by atoms with Crippen molar-refractivity contribution in [2.75, 3.05) is 5.32 Å². The monoisotopic (exact) mass is 324 g/mol. The van der Waals surface area contributed by atoms with E-state index in [4.69, 9.17) is 4.98 Å². The number of nitrogens with one attached hydrogen (secondary N) is 2. The topological polar surface area (TPSA) is 45.1 Å². The van der Waals surface area contributed by atoms with Crippen molar-refractivity contribution in [3.63, 3.8) is 0 Å². The van der Waals surface area contributed by atoms with Crippen LogP contribution in [0.4, 0.5) is 11.5 Å². The first kappa shape index (κ1) is 13.9. The van der Waals surface area contributed by atoms with Crippen molar-refractivity contribution in [2.24, 2.45) is 0 Å². The highest BCUT2D eigenvalue weighted by atomic mass is 15.1. The number of nitrogens with zero attached hydrogens (tertiary/aromatic N) is 2. The molecule has 0 saturated heterocycles. The molecule has 0 saturated carbocycles. The number of H-pyrrole nitrogens is 1. The highest BCUT2D eigenvalue weighted by Crippen LogP contribution is 2.35. The summed E-state index contributed by atoms with van der Waals surface area (Å²) in [6, 6.07) is 24.5. The van der Waals surface area contributed by atoms with Crippen LogP contribution in [0.5, 0.6) is 0 Å². The van der Waals surface area contributed by atoms with Gasteiger partial charge in [0.25, 0.3) is 0 Å². The van der Waals surface area contributed by atoms with Gasteiger partial charge in [0.1, 0.15) is 17.2 Å². The Morgan fingerprint density at radius 3 is 2.56 bits per heavy atom. The van der Waals surface area contributed by atoms with Gasteiger partial charge in [0, 0.05) is 34.5 Å². The fraction of sp³-hybridized carbons (Fsp3) is 0. The number of pyridine rings is 1. The van der Waals surface area contributed by atoms with Crippen LogP contribution in [0.1, 0.15) is 0 Å². The maximum Gasteiger partial charge on any atom is 0.143 e. The van der Waals surface area contributed by atoms with E-state index in [1.165, 1.54) is 5.39 Å². The van der Waals surface area contributed by atoms with Crippen LogP contribution in [0, 0.1) is 0 Å². The van der Waals surface area contributed by atoms with E-state index < -0.39 is 0 Å². The highest BCUT2D eigenvalue weighted by molar-refractivity contribution is 5.98. The summed E-state index contributed by atoms with van der Waals surface area (Å²) in [6.45, 7) is 0. The molecule has 0 spiro atoms. The zero-order valence-corrected chi connectivity index (χ0v) is 13.5. The molecule has 0 fully saturated rings. The number of anilines is 2. The van der Waals surface area contributed by atoms with Crippen molar-refractivity contribution in [1.82, 2.24) is 14.4 Å². The van der Waals surface area contributed by atoms with Crippen molar-refractivity contribution < 1.29 is 0 Å². The lowest BCUT2D eigenvalue weighted by Crippen LogP contribution is -1.96. The SMILES string of the molecule is c1ccc(Nc2c(-c3c[nH]c4ccccc34)nc3ccccn23)cc1. The third-order valence-corrected chi connectivity index (χ3v) is 4.41. The van der Waals surface area contributed by atoms with Crippen LogP contribution < -0.4 is 5.32 Å². The second kappa shape index (κ2) is 5.53. The Morgan fingerprint density at radius 2 is 1.64 bits per heavy atom. The number of benzene rings is 2. The molecular formula is C21H16N4. The van der Waals surface area contributed by atoms with E-state index in [0.717, 1.165) is 33.9 Å². The largest absolute Gasteiger partial charge is 0.360 e. The Kier molecular flexibility index (Phi) is 3.07. The molecule has 0 radical (unpaired) electrons. The number of hydrogen-bond acceptors (Lipinski definition) is 2. The van der Waals surface area contributed by atoms with E-state index in [1.54, 1.807) is 0 Å². The molecule has 0 aliphatic rings. The zero-order valence-electron chi connectivity index (χ0n) is 13.5. The lowest BCUT2D eigenvalue weighted by atomic mass is 10.1. The molecule has 25 heavy (non-hydrogen) atoms. The average molecular weight is 324 g/mol. The molecule has 0 aliphatic heterocycles.